The van der Waals surface area contributed by atoms with E-state index in [2.05, 4.69) is 19.9 Å². The summed E-state index contributed by atoms with van der Waals surface area (Å²) in [6, 6.07) is 0. The van der Waals surface area contributed by atoms with Gasteiger partial charge in [-0.1, -0.05) is 0 Å². The molecule has 0 amide bonds. The number of nitrogens with one attached hydrogen (secondary N) is 2. The largest absolute Gasteiger partial charge is 0.375 e. The Morgan fingerprint density at radius 2 is 2.08 bits per heavy atom. The van der Waals surface area contributed by atoms with Gasteiger partial charge in [-0.25, -0.2) is 13.1 Å². The van der Waals surface area contributed by atoms with E-state index in [9.17, 15) is 8.42 Å². The molecule has 0 aromatic carbocycles. The highest BCUT2D eigenvalue weighted by Gasteiger charge is 2.32. The van der Waals surface area contributed by atoms with Crippen molar-refractivity contribution in [3.63, 3.8) is 0 Å². The monoisotopic (exact) mass is 362 g/mol. The number of morpholine rings is 1. The average molecular weight is 362 g/mol. The van der Waals surface area contributed by atoms with E-state index < -0.39 is 10.0 Å². The van der Waals surface area contributed by atoms with Crippen molar-refractivity contribution in [2.75, 3.05) is 52.2 Å². The summed E-state index contributed by atoms with van der Waals surface area (Å²) in [5.74, 6) is 0.864. The Labute approximate surface area is 145 Å². The molecule has 0 aliphatic carbocycles. The van der Waals surface area contributed by atoms with Crippen LogP contribution in [0.1, 0.15) is 26.2 Å². The normalized spacial score (nSPS) is 25.9. The molecule has 2 atom stereocenters. The molecule has 9 heteroatoms. The summed E-state index contributed by atoms with van der Waals surface area (Å²) in [4.78, 5) is 6.83. The van der Waals surface area contributed by atoms with Crippen LogP contribution in [0.3, 0.4) is 0 Å². The van der Waals surface area contributed by atoms with Gasteiger partial charge in [-0.05, 0) is 26.2 Å². The van der Waals surface area contributed by atoms with Gasteiger partial charge in [0.25, 0.3) is 0 Å². The summed E-state index contributed by atoms with van der Waals surface area (Å²) >= 11 is 0. The van der Waals surface area contributed by atoms with E-state index in [1.54, 1.807) is 0 Å². The van der Waals surface area contributed by atoms with Crippen molar-refractivity contribution in [1.29, 1.82) is 0 Å². The molecule has 2 fully saturated rings. The fourth-order valence-corrected chi connectivity index (χ4v) is 3.45. The number of hydrogen-bond donors (Lipinski definition) is 2. The molecule has 24 heavy (non-hydrogen) atoms. The maximum atomic E-state index is 11.0. The lowest BCUT2D eigenvalue weighted by Gasteiger charge is -2.37. The first-order chi connectivity index (χ1) is 11.5. The SMILES string of the molecule is CCNC(=NCCCNS(C)(=O)=O)N1CCOC(C2CCCO2)C1. The molecular formula is C15H30N4O4S. The predicted octanol–water partition coefficient (Wildman–Crippen LogP) is -0.229. The number of aliphatic imine (C=N–C) groups is 1. The molecule has 2 saturated heterocycles. The van der Waals surface area contributed by atoms with Crippen molar-refractivity contribution >= 4 is 16.0 Å². The van der Waals surface area contributed by atoms with Gasteiger partial charge in [0.05, 0.1) is 19.0 Å². The maximum absolute atomic E-state index is 11.0. The van der Waals surface area contributed by atoms with Gasteiger partial charge in [0.2, 0.25) is 10.0 Å². The summed E-state index contributed by atoms with van der Waals surface area (Å²) in [5.41, 5.74) is 0. The molecule has 0 aromatic heterocycles. The van der Waals surface area contributed by atoms with Crippen LogP contribution in [-0.4, -0.2) is 83.7 Å². The number of hydrogen-bond acceptors (Lipinski definition) is 5. The molecule has 2 heterocycles. The first-order valence-electron chi connectivity index (χ1n) is 8.70. The van der Waals surface area contributed by atoms with Crippen LogP contribution in [0.25, 0.3) is 0 Å². The van der Waals surface area contributed by atoms with Gasteiger partial charge in [-0.15, -0.1) is 0 Å². The topological polar surface area (TPSA) is 92.3 Å². The Bertz CT molecular complexity index is 506. The van der Waals surface area contributed by atoms with Crippen LogP contribution in [0.2, 0.25) is 0 Å². The Kier molecular flexibility index (Phi) is 7.73. The molecular weight excluding hydrogens is 332 g/mol. The molecule has 2 aliphatic rings. The zero-order valence-electron chi connectivity index (χ0n) is 14.7. The quantitative estimate of drug-likeness (QED) is 0.369. The number of sulfonamides is 1. The van der Waals surface area contributed by atoms with Crippen LogP contribution < -0.4 is 10.0 Å². The average Bonchev–Trinajstić information content (AvgIpc) is 3.07. The molecule has 0 radical (unpaired) electrons. The summed E-state index contributed by atoms with van der Waals surface area (Å²) < 4.78 is 36.2. The first kappa shape index (κ1) is 19.4. The number of rotatable bonds is 7. The van der Waals surface area contributed by atoms with E-state index in [-0.39, 0.29) is 12.2 Å². The summed E-state index contributed by atoms with van der Waals surface area (Å²) in [5, 5.41) is 3.31. The Hall–Kier alpha value is -0.900. The fraction of sp³-hybridized carbons (Fsp3) is 0.933. The van der Waals surface area contributed by atoms with Gasteiger partial charge in [0, 0.05) is 39.3 Å². The molecule has 2 N–H and O–H groups in total. The van der Waals surface area contributed by atoms with E-state index >= 15 is 0 Å². The van der Waals surface area contributed by atoms with Gasteiger partial charge in [-0.2, -0.15) is 0 Å². The van der Waals surface area contributed by atoms with Gasteiger partial charge in [0.15, 0.2) is 5.96 Å². The van der Waals surface area contributed by atoms with Crippen LogP contribution >= 0.6 is 0 Å². The highest BCUT2D eigenvalue weighted by molar-refractivity contribution is 7.88. The smallest absolute Gasteiger partial charge is 0.208 e. The van der Waals surface area contributed by atoms with E-state index in [1.165, 1.54) is 6.26 Å². The summed E-state index contributed by atoms with van der Waals surface area (Å²) in [6.45, 7) is 6.89. The molecule has 0 spiro atoms. The Morgan fingerprint density at radius 3 is 2.75 bits per heavy atom. The summed E-state index contributed by atoms with van der Waals surface area (Å²) in [7, 11) is -3.13. The first-order valence-corrected chi connectivity index (χ1v) is 10.6. The Morgan fingerprint density at radius 1 is 1.29 bits per heavy atom. The standard InChI is InChI=1S/C15H30N4O4S/c1-3-16-15(17-7-5-8-18-24(2,20)21)19-9-11-23-14(12-19)13-6-4-10-22-13/h13-14,18H,3-12H2,1-2H3,(H,16,17). The molecule has 8 nitrogen and oxygen atoms in total. The van der Waals surface area contributed by atoms with Gasteiger partial charge < -0.3 is 19.7 Å². The fourth-order valence-electron chi connectivity index (χ4n) is 2.94. The molecule has 140 valence electrons. The van der Waals surface area contributed by atoms with Crippen LogP contribution in [-0.2, 0) is 19.5 Å². The van der Waals surface area contributed by atoms with Gasteiger partial charge in [0.1, 0.15) is 6.10 Å². The lowest BCUT2D eigenvalue weighted by molar-refractivity contribution is -0.0817. The third kappa shape index (κ3) is 6.54. The van der Waals surface area contributed by atoms with Crippen LogP contribution in [0.4, 0.5) is 0 Å². The molecule has 0 bridgehead atoms. The van der Waals surface area contributed by atoms with Crippen molar-refractivity contribution in [3.05, 3.63) is 0 Å². The van der Waals surface area contributed by atoms with Crippen LogP contribution in [0, 0.1) is 0 Å². The van der Waals surface area contributed by atoms with E-state index in [0.717, 1.165) is 45.0 Å². The third-order valence-corrected chi connectivity index (χ3v) is 4.80. The van der Waals surface area contributed by atoms with Gasteiger partial charge >= 0.3 is 0 Å². The Balaban J connectivity index is 1.84. The number of guanidine groups is 1. The minimum Gasteiger partial charge on any atom is -0.375 e. The second-order valence-corrected chi connectivity index (χ2v) is 8.00. The lowest BCUT2D eigenvalue weighted by Crippen LogP contribution is -2.53. The minimum absolute atomic E-state index is 0.0945. The van der Waals surface area contributed by atoms with E-state index in [1.807, 2.05) is 6.92 Å². The summed E-state index contributed by atoms with van der Waals surface area (Å²) in [6.07, 6.45) is 4.28. The predicted molar refractivity (Wildman–Crippen MR) is 93.7 cm³/mol. The van der Waals surface area contributed by atoms with Crippen LogP contribution in [0.15, 0.2) is 4.99 Å². The third-order valence-electron chi connectivity index (χ3n) is 4.07. The van der Waals surface area contributed by atoms with Gasteiger partial charge in [-0.3, -0.25) is 4.99 Å². The zero-order chi connectivity index (χ0) is 17.4. The second kappa shape index (κ2) is 9.55. The van der Waals surface area contributed by atoms with Crippen molar-refractivity contribution in [3.8, 4) is 0 Å². The maximum Gasteiger partial charge on any atom is 0.208 e. The van der Waals surface area contributed by atoms with E-state index in [0.29, 0.717) is 26.1 Å². The van der Waals surface area contributed by atoms with Crippen molar-refractivity contribution < 1.29 is 17.9 Å². The lowest BCUT2D eigenvalue weighted by atomic mass is 10.1. The zero-order valence-corrected chi connectivity index (χ0v) is 15.5. The molecule has 2 unspecified atom stereocenters. The molecule has 0 saturated carbocycles. The highest BCUT2D eigenvalue weighted by atomic mass is 32.2. The second-order valence-electron chi connectivity index (χ2n) is 6.16. The van der Waals surface area contributed by atoms with Crippen LogP contribution in [0.5, 0.6) is 0 Å². The highest BCUT2D eigenvalue weighted by Crippen LogP contribution is 2.21. The molecule has 2 rings (SSSR count). The van der Waals surface area contributed by atoms with Crippen molar-refractivity contribution in [2.45, 2.75) is 38.4 Å². The molecule has 2 aliphatic heterocycles. The van der Waals surface area contributed by atoms with E-state index in [4.69, 9.17) is 9.47 Å². The van der Waals surface area contributed by atoms with Crippen molar-refractivity contribution in [2.24, 2.45) is 4.99 Å². The molecule has 0 aromatic rings. The van der Waals surface area contributed by atoms with Crippen molar-refractivity contribution in [1.82, 2.24) is 14.9 Å². The number of nitrogens with zero attached hydrogens (tertiary/aromatic N) is 2. The minimum atomic E-state index is -3.13. The number of ether oxygens (including phenoxy) is 2.